The SMILES string of the molecule is O=C1[C@H]2[C@@H]3C[C@H]4[C@H]2[C@@H]2[C@H](I)[C@@H]4[C@H]3[C@@H]12. The number of rotatable bonds is 0. The summed E-state index contributed by atoms with van der Waals surface area (Å²) in [5, 5.41) is 0. The summed E-state index contributed by atoms with van der Waals surface area (Å²) < 4.78 is 0.879. The van der Waals surface area contributed by atoms with E-state index >= 15 is 0 Å². The third-order valence-electron chi connectivity index (χ3n) is 6.01. The van der Waals surface area contributed by atoms with E-state index < -0.39 is 0 Å². The van der Waals surface area contributed by atoms with Crippen LogP contribution in [0.1, 0.15) is 6.42 Å². The van der Waals surface area contributed by atoms with E-state index in [0.717, 1.165) is 39.4 Å². The largest absolute Gasteiger partial charge is 0.299 e. The molecule has 6 aliphatic carbocycles. The van der Waals surface area contributed by atoms with Crippen molar-refractivity contribution in [1.82, 2.24) is 0 Å². The molecular formula is C11H11IO. The van der Waals surface area contributed by atoms with Crippen molar-refractivity contribution in [2.45, 2.75) is 10.3 Å². The molecule has 6 fully saturated rings. The van der Waals surface area contributed by atoms with E-state index in [9.17, 15) is 4.79 Å². The fourth-order valence-electron chi connectivity index (χ4n) is 6.20. The van der Waals surface area contributed by atoms with E-state index in [1.54, 1.807) is 0 Å². The van der Waals surface area contributed by atoms with E-state index in [1.165, 1.54) is 6.42 Å². The molecule has 9 atom stereocenters. The van der Waals surface area contributed by atoms with Gasteiger partial charge in [-0.05, 0) is 41.9 Å². The van der Waals surface area contributed by atoms with Crippen LogP contribution in [0.15, 0.2) is 0 Å². The second kappa shape index (κ2) is 1.63. The van der Waals surface area contributed by atoms with Crippen molar-refractivity contribution in [1.29, 1.82) is 0 Å². The summed E-state index contributed by atoms with van der Waals surface area (Å²) in [6.07, 6.45) is 1.43. The smallest absolute Gasteiger partial charge is 0.140 e. The lowest BCUT2D eigenvalue weighted by Gasteiger charge is -2.32. The second-order valence-electron chi connectivity index (χ2n) is 5.77. The highest BCUT2D eigenvalue weighted by Gasteiger charge is 2.83. The van der Waals surface area contributed by atoms with Crippen molar-refractivity contribution in [3.05, 3.63) is 0 Å². The van der Waals surface area contributed by atoms with Gasteiger partial charge in [-0.2, -0.15) is 0 Å². The molecule has 0 aromatic carbocycles. The summed E-state index contributed by atoms with van der Waals surface area (Å²) in [7, 11) is 0. The number of hydrogen-bond donors (Lipinski definition) is 0. The van der Waals surface area contributed by atoms with Crippen molar-refractivity contribution in [3.63, 3.8) is 0 Å². The van der Waals surface area contributed by atoms with Gasteiger partial charge >= 0.3 is 0 Å². The van der Waals surface area contributed by atoms with Gasteiger partial charge in [-0.3, -0.25) is 4.79 Å². The van der Waals surface area contributed by atoms with E-state index in [2.05, 4.69) is 22.6 Å². The van der Waals surface area contributed by atoms with Crippen molar-refractivity contribution >= 4 is 28.4 Å². The van der Waals surface area contributed by atoms with Crippen LogP contribution in [0.5, 0.6) is 0 Å². The van der Waals surface area contributed by atoms with Crippen molar-refractivity contribution < 1.29 is 4.79 Å². The van der Waals surface area contributed by atoms with Crippen LogP contribution in [0.4, 0.5) is 0 Å². The summed E-state index contributed by atoms with van der Waals surface area (Å²) in [5.41, 5.74) is 0. The van der Waals surface area contributed by atoms with Gasteiger partial charge in [-0.25, -0.2) is 0 Å². The van der Waals surface area contributed by atoms with Gasteiger partial charge in [0.15, 0.2) is 0 Å². The van der Waals surface area contributed by atoms with Gasteiger partial charge in [0.05, 0.1) is 0 Å². The van der Waals surface area contributed by atoms with Gasteiger partial charge in [0.2, 0.25) is 0 Å². The number of ketones is 1. The van der Waals surface area contributed by atoms with Gasteiger partial charge in [-0.15, -0.1) is 0 Å². The standard InChI is InChI=1S/C11H11IO/c12-10-6-2-1-3-4(6)9-8(10)5(2)7(3)11(9)13/h2-10H,1H2/t2-,3+,4-,5+,6-,7-,8-,9+,10+/m0/s1. The van der Waals surface area contributed by atoms with Crippen LogP contribution >= 0.6 is 22.6 Å². The van der Waals surface area contributed by atoms with Gasteiger partial charge in [0.1, 0.15) is 5.78 Å². The minimum Gasteiger partial charge on any atom is -0.299 e. The fraction of sp³-hybridized carbons (Fsp3) is 0.909. The van der Waals surface area contributed by atoms with Gasteiger partial charge in [0, 0.05) is 15.8 Å². The monoisotopic (exact) mass is 286 g/mol. The molecule has 6 bridgehead atoms. The van der Waals surface area contributed by atoms with Crippen LogP contribution in [-0.4, -0.2) is 9.71 Å². The Labute approximate surface area is 90.8 Å². The number of carbonyl (C=O) groups is 1. The second-order valence-corrected chi connectivity index (χ2v) is 7.21. The quantitative estimate of drug-likeness (QED) is 0.490. The van der Waals surface area contributed by atoms with Crippen LogP contribution in [0.3, 0.4) is 0 Å². The highest BCUT2D eigenvalue weighted by molar-refractivity contribution is 14.1. The lowest BCUT2D eigenvalue weighted by molar-refractivity contribution is -0.122. The maximum atomic E-state index is 12.0. The van der Waals surface area contributed by atoms with Crippen LogP contribution < -0.4 is 0 Å². The molecule has 0 N–H and O–H groups in total. The van der Waals surface area contributed by atoms with Crippen molar-refractivity contribution in [2.24, 2.45) is 47.3 Å². The Morgan fingerprint density at radius 1 is 1.00 bits per heavy atom. The first-order valence-electron chi connectivity index (χ1n) is 5.48. The zero-order valence-corrected chi connectivity index (χ0v) is 9.35. The number of hydrogen-bond acceptors (Lipinski definition) is 1. The maximum Gasteiger partial charge on any atom is 0.140 e. The summed E-state index contributed by atoms with van der Waals surface area (Å²) in [6.45, 7) is 0. The first-order valence-corrected chi connectivity index (χ1v) is 6.73. The van der Waals surface area contributed by atoms with Crippen molar-refractivity contribution in [2.75, 3.05) is 0 Å². The number of carbonyl (C=O) groups excluding carboxylic acids is 1. The van der Waals surface area contributed by atoms with Crippen LogP contribution in [0, 0.1) is 47.3 Å². The Balaban J connectivity index is 1.90. The molecule has 2 heteroatoms. The topological polar surface area (TPSA) is 17.1 Å². The lowest BCUT2D eigenvalue weighted by atomic mass is 9.71. The van der Waals surface area contributed by atoms with Gasteiger partial charge < -0.3 is 0 Å². The Morgan fingerprint density at radius 3 is 2.54 bits per heavy atom. The molecule has 13 heavy (non-hydrogen) atoms. The minimum absolute atomic E-state index is 0.561. The first kappa shape index (κ1) is 6.81. The Morgan fingerprint density at radius 2 is 1.77 bits per heavy atom. The molecule has 6 aliphatic rings. The molecule has 0 aromatic rings. The lowest BCUT2D eigenvalue weighted by Crippen LogP contribution is -2.30. The third kappa shape index (κ3) is 0.422. The number of alkyl halides is 1. The fourth-order valence-corrected chi connectivity index (χ4v) is 8.13. The molecule has 68 valence electrons. The van der Waals surface area contributed by atoms with Crippen LogP contribution in [-0.2, 0) is 4.79 Å². The highest BCUT2D eigenvalue weighted by Crippen LogP contribution is 2.82. The van der Waals surface area contributed by atoms with Gasteiger partial charge in [-0.1, -0.05) is 22.6 Å². The molecule has 0 saturated heterocycles. The third-order valence-corrected chi connectivity index (χ3v) is 7.67. The summed E-state index contributed by atoms with van der Waals surface area (Å²) in [5.74, 6) is 7.27. The molecule has 1 nitrogen and oxygen atoms in total. The molecule has 0 amide bonds. The van der Waals surface area contributed by atoms with E-state index in [-0.39, 0.29) is 0 Å². The molecule has 0 radical (unpaired) electrons. The molecule has 6 saturated carbocycles. The summed E-state index contributed by atoms with van der Waals surface area (Å²) >= 11 is 2.66. The van der Waals surface area contributed by atoms with Crippen LogP contribution in [0.2, 0.25) is 0 Å². The van der Waals surface area contributed by atoms with Crippen LogP contribution in [0.25, 0.3) is 0 Å². The Hall–Kier alpha value is 0.400. The van der Waals surface area contributed by atoms with E-state index in [4.69, 9.17) is 0 Å². The average molecular weight is 286 g/mol. The van der Waals surface area contributed by atoms with E-state index in [0.29, 0.717) is 17.6 Å². The first-order chi connectivity index (χ1) is 6.30. The Bertz CT molecular complexity index is 350. The zero-order valence-electron chi connectivity index (χ0n) is 7.19. The summed E-state index contributed by atoms with van der Waals surface area (Å²) in [4.78, 5) is 12.0. The van der Waals surface area contributed by atoms with Gasteiger partial charge in [0.25, 0.3) is 0 Å². The molecule has 0 unspecified atom stereocenters. The Kier molecular flexibility index (Phi) is 0.856. The molecular weight excluding hydrogens is 275 g/mol. The summed E-state index contributed by atoms with van der Waals surface area (Å²) in [6, 6.07) is 0. The molecule has 0 spiro atoms. The molecule has 6 rings (SSSR count). The average Bonchev–Trinajstić information content (AvgIpc) is 2.78. The molecule has 0 heterocycles. The predicted molar refractivity (Wildman–Crippen MR) is 55.4 cm³/mol. The minimum atomic E-state index is 0.561. The maximum absolute atomic E-state index is 12.0. The number of halogens is 1. The normalized spacial score (nSPS) is 79.8. The number of Topliss-reactive ketones (excluding diaryl/α,β-unsaturated/α-hetero) is 1. The van der Waals surface area contributed by atoms with E-state index in [1.807, 2.05) is 0 Å². The molecule has 0 aliphatic heterocycles. The zero-order chi connectivity index (χ0) is 8.48. The predicted octanol–water partition coefficient (Wildman–Crippen LogP) is 1.75. The van der Waals surface area contributed by atoms with Crippen molar-refractivity contribution in [3.8, 4) is 0 Å². The highest BCUT2D eigenvalue weighted by atomic mass is 127. The molecule has 0 aromatic heterocycles.